The maximum absolute atomic E-state index is 13.0. The molecule has 1 unspecified atom stereocenters. The number of carbonyl (C=O) groups is 2. The third-order valence-electron chi connectivity index (χ3n) is 6.49. The number of thiophene rings is 1. The molecule has 2 fully saturated rings. The van der Waals surface area contributed by atoms with E-state index in [1.807, 2.05) is 4.90 Å². The summed E-state index contributed by atoms with van der Waals surface area (Å²) in [4.78, 5) is 31.4. The van der Waals surface area contributed by atoms with Crippen LogP contribution in [-0.2, 0) is 17.6 Å². The molecule has 4 rings (SSSR count). The van der Waals surface area contributed by atoms with E-state index < -0.39 is 0 Å². The fourth-order valence-corrected chi connectivity index (χ4v) is 5.51. The van der Waals surface area contributed by atoms with E-state index in [1.165, 1.54) is 16.9 Å². The summed E-state index contributed by atoms with van der Waals surface area (Å²) < 4.78 is 0. The second-order valence-electron chi connectivity index (χ2n) is 9.77. The van der Waals surface area contributed by atoms with Gasteiger partial charge in [-0.2, -0.15) is 0 Å². The molecule has 2 amide bonds. The van der Waals surface area contributed by atoms with E-state index in [0.717, 1.165) is 43.6 Å². The first kappa shape index (κ1) is 19.9. The van der Waals surface area contributed by atoms with Crippen LogP contribution in [0.2, 0.25) is 0 Å². The van der Waals surface area contributed by atoms with Gasteiger partial charge in [0.25, 0.3) is 5.91 Å². The van der Waals surface area contributed by atoms with Crippen LogP contribution in [0.15, 0.2) is 6.07 Å². The molecule has 154 valence electrons. The molecule has 0 aromatic carbocycles. The first-order chi connectivity index (χ1) is 13.3. The molecule has 0 radical (unpaired) electrons. The molecule has 1 aromatic rings. The van der Waals surface area contributed by atoms with E-state index in [2.05, 4.69) is 37.1 Å². The van der Waals surface area contributed by atoms with E-state index in [-0.39, 0.29) is 11.8 Å². The highest BCUT2D eigenvalue weighted by molar-refractivity contribution is 7.14. The zero-order valence-corrected chi connectivity index (χ0v) is 18.2. The van der Waals surface area contributed by atoms with Gasteiger partial charge >= 0.3 is 0 Å². The van der Waals surface area contributed by atoms with Gasteiger partial charge in [0.05, 0.1) is 11.4 Å². The summed E-state index contributed by atoms with van der Waals surface area (Å²) in [5.41, 5.74) is 1.72. The Kier molecular flexibility index (Phi) is 5.53. The molecule has 1 aromatic heterocycles. The number of nitrogens with zero attached hydrogens (tertiary/aromatic N) is 2. The van der Waals surface area contributed by atoms with Crippen LogP contribution in [-0.4, -0.2) is 60.4 Å². The van der Waals surface area contributed by atoms with Crippen molar-refractivity contribution in [2.45, 2.75) is 58.9 Å². The minimum atomic E-state index is 0.126. The molecule has 1 atom stereocenters. The number of hydrogen-bond donors (Lipinski definition) is 1. The van der Waals surface area contributed by atoms with Gasteiger partial charge in [-0.15, -0.1) is 11.3 Å². The molecule has 28 heavy (non-hydrogen) atoms. The van der Waals surface area contributed by atoms with Crippen molar-refractivity contribution in [3.8, 4) is 0 Å². The lowest BCUT2D eigenvalue weighted by molar-refractivity contribution is -0.122. The number of hydrogen-bond acceptors (Lipinski definition) is 4. The Morgan fingerprint density at radius 1 is 1.14 bits per heavy atom. The fourth-order valence-electron chi connectivity index (χ4n) is 4.34. The maximum atomic E-state index is 13.0. The van der Waals surface area contributed by atoms with Crippen LogP contribution < -0.4 is 5.32 Å². The van der Waals surface area contributed by atoms with Crippen molar-refractivity contribution in [1.29, 1.82) is 0 Å². The molecule has 1 saturated carbocycles. The Labute approximate surface area is 172 Å². The highest BCUT2D eigenvalue weighted by atomic mass is 32.1. The normalized spacial score (nSPS) is 23.4. The van der Waals surface area contributed by atoms with Gasteiger partial charge < -0.3 is 10.2 Å². The zero-order chi connectivity index (χ0) is 19.9. The standard InChI is InChI=1S/C22H33N3O2S/c1-22(2,3)16-4-7-18-15(12-16)13-19(28-18)21(27)25-10-8-24(9-11-25)14-20(26)23-17-5-6-17/h13,16-17H,4-12,14H2,1-3H3,(H,23,26). The van der Waals surface area contributed by atoms with Crippen molar-refractivity contribution in [2.75, 3.05) is 32.7 Å². The van der Waals surface area contributed by atoms with E-state index in [1.54, 1.807) is 11.3 Å². The third kappa shape index (κ3) is 4.60. The number of carbonyl (C=O) groups excluding carboxylic acids is 2. The molecule has 1 N–H and O–H groups in total. The summed E-state index contributed by atoms with van der Waals surface area (Å²) in [6, 6.07) is 2.58. The van der Waals surface area contributed by atoms with Gasteiger partial charge in [0.2, 0.25) is 5.91 Å². The van der Waals surface area contributed by atoms with E-state index in [9.17, 15) is 9.59 Å². The van der Waals surface area contributed by atoms with Gasteiger partial charge in [0.1, 0.15) is 0 Å². The van der Waals surface area contributed by atoms with Crippen LogP contribution in [0.3, 0.4) is 0 Å². The zero-order valence-electron chi connectivity index (χ0n) is 17.4. The average Bonchev–Trinajstić information content (AvgIpc) is 3.34. The SMILES string of the molecule is CC(C)(C)C1CCc2sc(C(=O)N3CCN(CC(=O)NC4CC4)CC3)cc2C1. The summed E-state index contributed by atoms with van der Waals surface area (Å²) in [7, 11) is 0. The van der Waals surface area contributed by atoms with Crippen molar-refractivity contribution in [3.63, 3.8) is 0 Å². The number of aryl methyl sites for hydroxylation is 1. The molecule has 2 aliphatic carbocycles. The van der Waals surface area contributed by atoms with Gasteiger partial charge in [0, 0.05) is 37.1 Å². The Hall–Kier alpha value is -1.40. The van der Waals surface area contributed by atoms with Crippen molar-refractivity contribution in [1.82, 2.24) is 15.1 Å². The number of nitrogens with one attached hydrogen (secondary N) is 1. The van der Waals surface area contributed by atoms with Crippen LogP contribution in [0.5, 0.6) is 0 Å². The molecule has 6 heteroatoms. The van der Waals surface area contributed by atoms with Crippen LogP contribution in [0.4, 0.5) is 0 Å². The highest BCUT2D eigenvalue weighted by Crippen LogP contribution is 2.40. The Morgan fingerprint density at radius 2 is 1.86 bits per heavy atom. The first-order valence-electron chi connectivity index (χ1n) is 10.7. The largest absolute Gasteiger partial charge is 0.352 e. The quantitative estimate of drug-likeness (QED) is 0.841. The molecule has 1 saturated heterocycles. The van der Waals surface area contributed by atoms with Crippen molar-refractivity contribution < 1.29 is 9.59 Å². The predicted octanol–water partition coefficient (Wildman–Crippen LogP) is 2.94. The van der Waals surface area contributed by atoms with Crippen molar-refractivity contribution >= 4 is 23.2 Å². The Balaban J connectivity index is 1.31. The predicted molar refractivity (Wildman–Crippen MR) is 113 cm³/mol. The molecule has 0 spiro atoms. The lowest BCUT2D eigenvalue weighted by Crippen LogP contribution is -2.51. The fraction of sp³-hybridized carbons (Fsp3) is 0.727. The molecule has 5 nitrogen and oxygen atoms in total. The van der Waals surface area contributed by atoms with Crippen molar-refractivity contribution in [2.24, 2.45) is 11.3 Å². The van der Waals surface area contributed by atoms with Gasteiger partial charge in [0.15, 0.2) is 0 Å². The maximum Gasteiger partial charge on any atom is 0.264 e. The van der Waals surface area contributed by atoms with Gasteiger partial charge in [-0.25, -0.2) is 0 Å². The van der Waals surface area contributed by atoms with E-state index in [0.29, 0.717) is 37.0 Å². The van der Waals surface area contributed by atoms with Gasteiger partial charge in [-0.3, -0.25) is 14.5 Å². The second kappa shape index (κ2) is 7.79. The number of fused-ring (bicyclic) bond motifs is 1. The third-order valence-corrected chi connectivity index (χ3v) is 7.71. The molecule has 3 aliphatic rings. The molecule has 2 heterocycles. The lowest BCUT2D eigenvalue weighted by Gasteiger charge is -2.34. The Morgan fingerprint density at radius 3 is 2.50 bits per heavy atom. The number of piperazine rings is 1. The van der Waals surface area contributed by atoms with Crippen LogP contribution in [0.1, 0.15) is 60.1 Å². The molecule has 1 aliphatic heterocycles. The van der Waals surface area contributed by atoms with Gasteiger partial charge in [-0.05, 0) is 55.1 Å². The monoisotopic (exact) mass is 403 g/mol. The minimum Gasteiger partial charge on any atom is -0.352 e. The van der Waals surface area contributed by atoms with Crippen LogP contribution >= 0.6 is 11.3 Å². The summed E-state index contributed by atoms with van der Waals surface area (Å²) in [5.74, 6) is 0.998. The number of rotatable bonds is 4. The van der Waals surface area contributed by atoms with E-state index >= 15 is 0 Å². The van der Waals surface area contributed by atoms with Crippen molar-refractivity contribution in [3.05, 3.63) is 21.4 Å². The summed E-state index contributed by atoms with van der Waals surface area (Å²) >= 11 is 1.71. The average molecular weight is 404 g/mol. The minimum absolute atomic E-state index is 0.126. The molecule has 0 bridgehead atoms. The molecular formula is C22H33N3O2S. The molecular weight excluding hydrogens is 370 g/mol. The summed E-state index contributed by atoms with van der Waals surface area (Å²) in [5, 5.41) is 3.04. The Bertz CT molecular complexity index is 739. The summed E-state index contributed by atoms with van der Waals surface area (Å²) in [6.45, 7) is 10.4. The van der Waals surface area contributed by atoms with Crippen LogP contribution in [0, 0.1) is 11.3 Å². The topological polar surface area (TPSA) is 52.7 Å². The second-order valence-corrected chi connectivity index (χ2v) is 10.9. The lowest BCUT2D eigenvalue weighted by atomic mass is 9.72. The van der Waals surface area contributed by atoms with E-state index in [4.69, 9.17) is 0 Å². The number of amides is 2. The van der Waals surface area contributed by atoms with Crippen LogP contribution in [0.25, 0.3) is 0 Å². The first-order valence-corrected chi connectivity index (χ1v) is 11.5. The summed E-state index contributed by atoms with van der Waals surface area (Å²) in [6.07, 6.45) is 5.68. The van der Waals surface area contributed by atoms with Gasteiger partial charge in [-0.1, -0.05) is 20.8 Å². The smallest absolute Gasteiger partial charge is 0.264 e. The highest BCUT2D eigenvalue weighted by Gasteiger charge is 2.32.